The van der Waals surface area contributed by atoms with E-state index in [0.29, 0.717) is 44.0 Å². The van der Waals surface area contributed by atoms with E-state index in [1.54, 1.807) is 17.1 Å². The van der Waals surface area contributed by atoms with E-state index < -0.39 is 11.9 Å². The van der Waals surface area contributed by atoms with Gasteiger partial charge in [0.25, 0.3) is 0 Å². The maximum atomic E-state index is 15.0. The second-order valence-electron chi connectivity index (χ2n) is 7.53. The third-order valence-corrected chi connectivity index (χ3v) is 5.38. The summed E-state index contributed by atoms with van der Waals surface area (Å²) in [6, 6.07) is 12.3. The van der Waals surface area contributed by atoms with E-state index in [1.807, 2.05) is 38.1 Å². The molecule has 0 aliphatic carbocycles. The lowest BCUT2D eigenvalue weighted by atomic mass is 10.0. The largest absolute Gasteiger partial charge is 0.442 e. The van der Waals surface area contributed by atoms with Crippen molar-refractivity contribution >= 4 is 17.5 Å². The van der Waals surface area contributed by atoms with Crippen LogP contribution in [0.2, 0.25) is 0 Å². The number of nitrogens with zero attached hydrogens (tertiary/aromatic N) is 5. The van der Waals surface area contributed by atoms with Crippen molar-refractivity contribution in [3.05, 3.63) is 53.8 Å². The van der Waals surface area contributed by atoms with E-state index in [0.717, 1.165) is 23.3 Å². The molecule has 1 fully saturated rings. The van der Waals surface area contributed by atoms with Gasteiger partial charge in [-0.2, -0.15) is 5.11 Å². The van der Waals surface area contributed by atoms with E-state index in [-0.39, 0.29) is 6.10 Å². The lowest BCUT2D eigenvalue weighted by molar-refractivity contribution is 0.108. The van der Waals surface area contributed by atoms with Crippen molar-refractivity contribution < 1.29 is 18.8 Å². The molecule has 1 saturated heterocycles. The number of oxime groups is 1. The molecule has 168 valence electrons. The van der Waals surface area contributed by atoms with Crippen LogP contribution in [0.15, 0.2) is 58.0 Å². The zero-order valence-corrected chi connectivity index (χ0v) is 18.2. The molecule has 2 aliphatic rings. The quantitative estimate of drug-likeness (QED) is 0.443. The Labute approximate surface area is 186 Å². The van der Waals surface area contributed by atoms with Gasteiger partial charge in [-0.05, 0) is 43.2 Å². The highest BCUT2D eigenvalue weighted by atomic mass is 19.1. The van der Waals surface area contributed by atoms with Crippen LogP contribution in [0.25, 0.3) is 11.1 Å². The van der Waals surface area contributed by atoms with Crippen molar-refractivity contribution in [3.63, 3.8) is 0 Å². The van der Waals surface area contributed by atoms with Gasteiger partial charge in [0.1, 0.15) is 18.5 Å². The van der Waals surface area contributed by atoms with Crippen molar-refractivity contribution in [3.8, 4) is 11.1 Å². The molecular weight excluding hydrogens is 413 g/mol. The highest BCUT2D eigenvalue weighted by Gasteiger charge is 2.33. The highest BCUT2D eigenvalue weighted by Crippen LogP contribution is 2.30. The number of ether oxygens (including phenoxy) is 1. The summed E-state index contributed by atoms with van der Waals surface area (Å²) in [7, 11) is 0. The summed E-state index contributed by atoms with van der Waals surface area (Å²) in [5, 5.41) is 13.9. The number of likely N-dealkylation sites (N-methyl/N-ethyl adjacent to an activating group) is 1. The minimum absolute atomic E-state index is 0.328. The first-order valence-corrected chi connectivity index (χ1v) is 10.8. The summed E-state index contributed by atoms with van der Waals surface area (Å²) in [5.41, 5.74) is 3.54. The van der Waals surface area contributed by atoms with Crippen LogP contribution in [0.3, 0.4) is 0 Å². The van der Waals surface area contributed by atoms with Crippen LogP contribution in [0.4, 0.5) is 14.9 Å². The Morgan fingerprint density at radius 3 is 2.62 bits per heavy atom. The second kappa shape index (κ2) is 9.76. The predicted octanol–water partition coefficient (Wildman–Crippen LogP) is 4.65. The van der Waals surface area contributed by atoms with Crippen LogP contribution in [0.1, 0.15) is 25.8 Å². The number of amides is 1. The Balaban J connectivity index is 1.46. The van der Waals surface area contributed by atoms with Crippen LogP contribution < -0.4 is 4.90 Å². The number of anilines is 1. The van der Waals surface area contributed by atoms with Gasteiger partial charge in [0.05, 0.1) is 31.0 Å². The number of halogens is 1. The summed E-state index contributed by atoms with van der Waals surface area (Å²) in [5.74, 6) is -0.403. The number of benzene rings is 2. The van der Waals surface area contributed by atoms with Gasteiger partial charge in [-0.1, -0.05) is 34.6 Å². The van der Waals surface area contributed by atoms with E-state index >= 15 is 0 Å². The molecule has 2 heterocycles. The number of cyclic esters (lactones) is 1. The van der Waals surface area contributed by atoms with Crippen molar-refractivity contribution in [2.45, 2.75) is 26.4 Å². The summed E-state index contributed by atoms with van der Waals surface area (Å²) >= 11 is 0. The third-order valence-electron chi connectivity index (χ3n) is 5.38. The van der Waals surface area contributed by atoms with Crippen molar-refractivity contribution in [1.82, 2.24) is 5.01 Å². The zero-order chi connectivity index (χ0) is 22.5. The average molecular weight is 439 g/mol. The average Bonchev–Trinajstić information content (AvgIpc) is 3.47. The zero-order valence-electron chi connectivity index (χ0n) is 18.2. The van der Waals surface area contributed by atoms with E-state index in [9.17, 15) is 9.18 Å². The van der Waals surface area contributed by atoms with Gasteiger partial charge < -0.3 is 9.57 Å². The molecule has 0 saturated carbocycles. The first kappa shape index (κ1) is 21.7. The van der Waals surface area contributed by atoms with Crippen LogP contribution >= 0.6 is 0 Å². The summed E-state index contributed by atoms with van der Waals surface area (Å²) in [6.45, 7) is 6.45. The molecule has 0 spiro atoms. The molecular formula is C23H26FN5O3. The molecule has 0 bridgehead atoms. The van der Waals surface area contributed by atoms with E-state index in [4.69, 9.17) is 9.57 Å². The van der Waals surface area contributed by atoms with E-state index in [1.165, 1.54) is 11.0 Å². The fourth-order valence-electron chi connectivity index (χ4n) is 3.70. The lowest BCUT2D eigenvalue weighted by Crippen LogP contribution is -2.31. The molecule has 0 radical (unpaired) electrons. The summed E-state index contributed by atoms with van der Waals surface area (Å²) in [4.78, 5) is 18.9. The van der Waals surface area contributed by atoms with Crippen LogP contribution in [-0.4, -0.2) is 55.7 Å². The Morgan fingerprint density at radius 2 is 1.97 bits per heavy atom. The first-order valence-electron chi connectivity index (χ1n) is 10.8. The molecule has 1 atom stereocenters. The Kier molecular flexibility index (Phi) is 6.63. The SMILES string of the molecule is CCN=NN(CC)CC1CN(c2ccc(-c3ccc(C4=NOCC4)cc3)c(F)c2)C(=O)O1. The van der Waals surface area contributed by atoms with Gasteiger partial charge in [0.2, 0.25) is 0 Å². The molecule has 32 heavy (non-hydrogen) atoms. The van der Waals surface area contributed by atoms with Crippen LogP contribution in [0.5, 0.6) is 0 Å². The van der Waals surface area contributed by atoms with Crippen LogP contribution in [0, 0.1) is 5.82 Å². The minimum Gasteiger partial charge on any atom is -0.442 e. The Morgan fingerprint density at radius 1 is 1.19 bits per heavy atom. The third kappa shape index (κ3) is 4.71. The number of carbonyl (C=O) groups excluding carboxylic acids is 1. The number of rotatable bonds is 8. The second-order valence-corrected chi connectivity index (χ2v) is 7.53. The van der Waals surface area contributed by atoms with Gasteiger partial charge in [0, 0.05) is 18.5 Å². The van der Waals surface area contributed by atoms with Crippen molar-refractivity contribution in [2.24, 2.45) is 15.5 Å². The Hall–Kier alpha value is -3.49. The number of hydrogen-bond donors (Lipinski definition) is 0. The standard InChI is InChI=1S/C23H26FN5O3/c1-3-25-27-28(4-2)14-19-15-29(23(30)32-19)18-9-10-20(21(24)13-18)16-5-7-17(8-6-16)22-11-12-31-26-22/h5-10,13,19H,3-4,11-12,14-15H2,1-2H3. The summed E-state index contributed by atoms with van der Waals surface area (Å²) in [6.07, 6.45) is -0.0853. The van der Waals surface area contributed by atoms with Gasteiger partial charge in [-0.15, -0.1) is 0 Å². The van der Waals surface area contributed by atoms with Gasteiger partial charge in [-0.25, -0.2) is 9.18 Å². The minimum atomic E-state index is -0.491. The molecule has 8 nitrogen and oxygen atoms in total. The number of hydrogen-bond acceptors (Lipinski definition) is 6. The predicted molar refractivity (Wildman–Crippen MR) is 119 cm³/mol. The normalized spacial score (nSPS) is 18.1. The molecule has 0 N–H and O–H groups in total. The van der Waals surface area contributed by atoms with Gasteiger partial charge in [-0.3, -0.25) is 9.91 Å². The molecule has 4 rings (SSSR count). The van der Waals surface area contributed by atoms with E-state index in [2.05, 4.69) is 15.5 Å². The molecule has 1 unspecified atom stereocenters. The van der Waals surface area contributed by atoms with Gasteiger partial charge in [0.15, 0.2) is 0 Å². The molecule has 1 amide bonds. The Bertz CT molecular complexity index is 1020. The fourth-order valence-corrected chi connectivity index (χ4v) is 3.70. The van der Waals surface area contributed by atoms with Crippen LogP contribution in [-0.2, 0) is 9.57 Å². The fraction of sp³-hybridized carbons (Fsp3) is 0.391. The maximum absolute atomic E-state index is 15.0. The lowest BCUT2D eigenvalue weighted by Gasteiger charge is -2.18. The molecule has 0 aromatic heterocycles. The monoisotopic (exact) mass is 439 g/mol. The molecule has 2 aliphatic heterocycles. The number of carbonyl (C=O) groups is 1. The smallest absolute Gasteiger partial charge is 0.414 e. The first-order chi connectivity index (χ1) is 15.6. The van der Waals surface area contributed by atoms with Crippen molar-refractivity contribution in [1.29, 1.82) is 0 Å². The topological polar surface area (TPSA) is 79.1 Å². The summed E-state index contributed by atoms with van der Waals surface area (Å²) < 4.78 is 20.4. The molecule has 9 heteroatoms. The maximum Gasteiger partial charge on any atom is 0.414 e. The highest BCUT2D eigenvalue weighted by molar-refractivity contribution is 6.01. The van der Waals surface area contributed by atoms with Gasteiger partial charge >= 0.3 is 6.09 Å². The molecule has 2 aromatic rings. The van der Waals surface area contributed by atoms with Crippen molar-refractivity contribution in [2.75, 3.05) is 37.7 Å². The molecule has 2 aromatic carbocycles.